The second-order valence-electron chi connectivity index (χ2n) is 11.1. The molecule has 0 amide bonds. The summed E-state index contributed by atoms with van der Waals surface area (Å²) < 4.78 is 4.51. The Kier molecular flexibility index (Phi) is 5.47. The van der Waals surface area contributed by atoms with Crippen LogP contribution in [-0.2, 0) is 0 Å². The average molecular weight is 563 g/mol. The predicted molar refractivity (Wildman–Crippen MR) is 182 cm³/mol. The number of benzene rings is 6. The van der Waals surface area contributed by atoms with Crippen molar-refractivity contribution in [3.63, 3.8) is 0 Å². The smallest absolute Gasteiger partial charge is 0.235 e. The van der Waals surface area contributed by atoms with Gasteiger partial charge in [-0.2, -0.15) is 0 Å². The van der Waals surface area contributed by atoms with E-state index < -0.39 is 0 Å². The molecule has 0 N–H and O–H groups in total. The zero-order valence-corrected chi connectivity index (χ0v) is 23.8. The Balaban J connectivity index is 1.34. The molecule has 0 bridgehead atoms. The topological polar surface area (TPSA) is 35.6 Å². The molecule has 4 heteroatoms. The van der Waals surface area contributed by atoms with Crippen LogP contribution >= 0.6 is 0 Å². The normalized spacial score (nSPS) is 11.6. The summed E-state index contributed by atoms with van der Waals surface area (Å²) in [7, 11) is 0. The lowest BCUT2D eigenvalue weighted by Crippen LogP contribution is -2.03. The number of hydrogen-bond acceptors (Lipinski definition) is 2. The van der Waals surface area contributed by atoms with Crippen LogP contribution in [0.2, 0.25) is 0 Å². The maximum atomic E-state index is 5.34. The maximum absolute atomic E-state index is 5.34. The third kappa shape index (κ3) is 3.78. The average Bonchev–Trinajstić information content (AvgIpc) is 3.68. The number of nitrogens with zero attached hydrogens (tertiary/aromatic N) is 4. The molecule has 3 aromatic heterocycles. The molecule has 9 rings (SSSR count). The molecule has 0 saturated heterocycles. The van der Waals surface area contributed by atoms with Crippen molar-refractivity contribution >= 4 is 43.6 Å². The van der Waals surface area contributed by atoms with Crippen molar-refractivity contribution in [2.24, 2.45) is 0 Å². The lowest BCUT2D eigenvalue weighted by atomic mass is 10.00. The van der Waals surface area contributed by atoms with Gasteiger partial charge in [0.2, 0.25) is 5.95 Å². The quantitative estimate of drug-likeness (QED) is 0.214. The van der Waals surface area contributed by atoms with Gasteiger partial charge in [0.05, 0.1) is 27.8 Å². The van der Waals surface area contributed by atoms with Crippen LogP contribution in [0.15, 0.2) is 158 Å². The summed E-state index contributed by atoms with van der Waals surface area (Å²) in [5.41, 5.74) is 9.71. The molecule has 0 fully saturated rings. The zero-order valence-electron chi connectivity index (χ0n) is 23.8. The highest BCUT2D eigenvalue weighted by atomic mass is 15.2. The fourth-order valence-corrected chi connectivity index (χ4v) is 6.56. The van der Waals surface area contributed by atoms with Gasteiger partial charge in [0.1, 0.15) is 0 Å². The third-order valence-corrected chi connectivity index (χ3v) is 8.56. The summed E-state index contributed by atoms with van der Waals surface area (Å²) in [6, 6.07) is 53.2. The summed E-state index contributed by atoms with van der Waals surface area (Å²) in [5, 5.41) is 4.59. The summed E-state index contributed by atoms with van der Waals surface area (Å²) in [5.74, 6) is 0.659. The van der Waals surface area contributed by atoms with Crippen LogP contribution in [0.3, 0.4) is 0 Å². The Morgan fingerprint density at radius 2 is 1.18 bits per heavy atom. The molecule has 9 aromatic rings. The number of aromatic nitrogens is 4. The van der Waals surface area contributed by atoms with Crippen LogP contribution in [-0.4, -0.2) is 19.1 Å². The SMILES string of the molecule is c1ccc(-c2cccc(-c3nc(-n4c5ccccc5c5c6c(ccc54)ccn6-c4ccccc4)nc4ccccc34)c2)cc1. The first-order valence-electron chi connectivity index (χ1n) is 14.9. The molecule has 0 aliphatic carbocycles. The Labute approximate surface area is 254 Å². The first-order valence-corrected chi connectivity index (χ1v) is 14.9. The molecule has 0 saturated carbocycles. The Morgan fingerprint density at radius 1 is 0.477 bits per heavy atom. The lowest BCUT2D eigenvalue weighted by molar-refractivity contribution is 1.01. The number of hydrogen-bond donors (Lipinski definition) is 0. The highest BCUT2D eigenvalue weighted by Gasteiger charge is 2.20. The predicted octanol–water partition coefficient (Wildman–Crippen LogP) is 10.0. The van der Waals surface area contributed by atoms with Gasteiger partial charge in [0, 0.05) is 39.0 Å². The van der Waals surface area contributed by atoms with Gasteiger partial charge in [-0.05, 0) is 53.6 Å². The summed E-state index contributed by atoms with van der Waals surface area (Å²) in [4.78, 5) is 10.5. The molecule has 0 atom stereocenters. The van der Waals surface area contributed by atoms with Crippen molar-refractivity contribution in [2.75, 3.05) is 0 Å². The van der Waals surface area contributed by atoms with E-state index in [0.29, 0.717) is 5.95 Å². The van der Waals surface area contributed by atoms with Crippen molar-refractivity contribution in [3.8, 4) is 34.0 Å². The van der Waals surface area contributed by atoms with Crippen molar-refractivity contribution < 1.29 is 0 Å². The molecular weight excluding hydrogens is 536 g/mol. The van der Waals surface area contributed by atoms with E-state index in [2.05, 4.69) is 155 Å². The van der Waals surface area contributed by atoms with Gasteiger partial charge in [-0.1, -0.05) is 109 Å². The first kappa shape index (κ1) is 24.6. The monoisotopic (exact) mass is 562 g/mol. The van der Waals surface area contributed by atoms with Gasteiger partial charge < -0.3 is 4.57 Å². The van der Waals surface area contributed by atoms with Gasteiger partial charge in [-0.15, -0.1) is 0 Å². The molecule has 4 nitrogen and oxygen atoms in total. The molecule has 3 heterocycles. The van der Waals surface area contributed by atoms with E-state index >= 15 is 0 Å². The van der Waals surface area contributed by atoms with E-state index in [1.54, 1.807) is 0 Å². The van der Waals surface area contributed by atoms with Crippen LogP contribution in [0.4, 0.5) is 0 Å². The molecule has 0 spiro atoms. The van der Waals surface area contributed by atoms with E-state index in [-0.39, 0.29) is 0 Å². The van der Waals surface area contributed by atoms with Crippen LogP contribution in [0.1, 0.15) is 0 Å². The Bertz CT molecular complexity index is 2490. The Morgan fingerprint density at radius 3 is 2.05 bits per heavy atom. The second kappa shape index (κ2) is 9.79. The molecular formula is C40H26N4. The van der Waals surface area contributed by atoms with E-state index in [1.165, 1.54) is 27.2 Å². The molecule has 6 aromatic carbocycles. The highest BCUT2D eigenvalue weighted by molar-refractivity contribution is 6.20. The van der Waals surface area contributed by atoms with E-state index in [4.69, 9.17) is 9.97 Å². The fourth-order valence-electron chi connectivity index (χ4n) is 6.56. The van der Waals surface area contributed by atoms with Crippen molar-refractivity contribution in [3.05, 3.63) is 158 Å². The first-order chi connectivity index (χ1) is 21.8. The van der Waals surface area contributed by atoms with Gasteiger partial charge >= 0.3 is 0 Å². The van der Waals surface area contributed by atoms with E-state index in [0.717, 1.165) is 44.4 Å². The fraction of sp³-hybridized carbons (Fsp3) is 0. The third-order valence-electron chi connectivity index (χ3n) is 8.56. The number of fused-ring (bicyclic) bond motifs is 6. The summed E-state index contributed by atoms with van der Waals surface area (Å²) >= 11 is 0. The summed E-state index contributed by atoms with van der Waals surface area (Å²) in [6.45, 7) is 0. The lowest BCUT2D eigenvalue weighted by Gasteiger charge is -2.13. The maximum Gasteiger partial charge on any atom is 0.235 e. The van der Waals surface area contributed by atoms with E-state index in [9.17, 15) is 0 Å². The van der Waals surface area contributed by atoms with Crippen molar-refractivity contribution in [1.82, 2.24) is 19.1 Å². The standard InChI is InChI=1S/C40H26N4/c1-3-12-27(13-4-1)29-14-11-15-30(26-29)38-32-18-7-9-20-34(32)41-40(42-38)44-35-21-10-8-19-33(35)37-36(44)23-22-28-24-25-43(39(28)37)31-16-5-2-6-17-31/h1-26H. The minimum absolute atomic E-state index is 0.659. The molecule has 206 valence electrons. The number of rotatable bonds is 4. The minimum atomic E-state index is 0.659. The summed E-state index contributed by atoms with van der Waals surface area (Å²) in [6.07, 6.45) is 2.16. The molecule has 44 heavy (non-hydrogen) atoms. The minimum Gasteiger partial charge on any atom is -0.316 e. The molecule has 0 unspecified atom stereocenters. The van der Waals surface area contributed by atoms with Crippen LogP contribution < -0.4 is 0 Å². The zero-order chi connectivity index (χ0) is 29.0. The van der Waals surface area contributed by atoms with Crippen molar-refractivity contribution in [2.45, 2.75) is 0 Å². The Hall–Kier alpha value is -6.00. The number of para-hydroxylation sites is 3. The van der Waals surface area contributed by atoms with Crippen molar-refractivity contribution in [1.29, 1.82) is 0 Å². The van der Waals surface area contributed by atoms with Gasteiger partial charge in [-0.3, -0.25) is 4.57 Å². The van der Waals surface area contributed by atoms with Gasteiger partial charge in [0.25, 0.3) is 0 Å². The van der Waals surface area contributed by atoms with Gasteiger partial charge in [0.15, 0.2) is 0 Å². The van der Waals surface area contributed by atoms with Crippen LogP contribution in [0.5, 0.6) is 0 Å². The van der Waals surface area contributed by atoms with Gasteiger partial charge in [-0.25, -0.2) is 9.97 Å². The molecule has 0 radical (unpaired) electrons. The molecule has 0 aliphatic rings. The van der Waals surface area contributed by atoms with E-state index in [1.807, 2.05) is 12.1 Å². The van der Waals surface area contributed by atoms with Crippen LogP contribution in [0, 0.1) is 0 Å². The molecule has 0 aliphatic heterocycles. The largest absolute Gasteiger partial charge is 0.316 e. The second-order valence-corrected chi connectivity index (χ2v) is 11.1. The van der Waals surface area contributed by atoms with Crippen LogP contribution in [0.25, 0.3) is 77.6 Å². The highest BCUT2D eigenvalue weighted by Crippen LogP contribution is 2.38.